The monoisotopic (exact) mass is 714 g/mol. The molecule has 5 aromatic rings. The van der Waals surface area contributed by atoms with Crippen LogP contribution in [0.2, 0.25) is 0 Å². The average Bonchev–Trinajstić information content (AvgIpc) is 3.73. The molecule has 5 heterocycles. The van der Waals surface area contributed by atoms with Crippen molar-refractivity contribution in [3.8, 4) is 22.6 Å². The van der Waals surface area contributed by atoms with Crippen molar-refractivity contribution in [3.05, 3.63) is 91.8 Å². The predicted octanol–water partition coefficient (Wildman–Crippen LogP) is 3.91. The molecule has 0 spiro atoms. The number of hydrogen-bond acceptors (Lipinski definition) is 5. The van der Waals surface area contributed by atoms with Gasteiger partial charge in [0.05, 0.1) is 0 Å². The van der Waals surface area contributed by atoms with Gasteiger partial charge in [0.2, 0.25) is 0 Å². The maximum atomic E-state index is 14.8. The number of aromatic amines is 2. The van der Waals surface area contributed by atoms with E-state index in [-0.39, 0.29) is 32.9 Å². The second-order valence-electron chi connectivity index (χ2n) is 12.1. The Bertz CT molecular complexity index is 2000. The summed E-state index contributed by atoms with van der Waals surface area (Å²) in [5, 5.41) is 11.8. The van der Waals surface area contributed by atoms with Crippen LogP contribution in [0, 0.1) is 11.7 Å². The van der Waals surface area contributed by atoms with Gasteiger partial charge in [-0.05, 0) is 37.6 Å². The number of imidazole rings is 1. The molecule has 0 bridgehead atoms. The van der Waals surface area contributed by atoms with Crippen molar-refractivity contribution in [1.82, 2.24) is 35.4 Å². The van der Waals surface area contributed by atoms with Crippen LogP contribution >= 0.6 is 0 Å². The molecule has 0 unspecified atom stereocenters. The van der Waals surface area contributed by atoms with Crippen LogP contribution in [0.1, 0.15) is 44.2 Å². The number of aromatic nitrogens is 5. The zero-order valence-electron chi connectivity index (χ0n) is 25.2. The molecule has 3 N–H and O–H groups in total. The Morgan fingerprint density at radius 1 is 1.09 bits per heavy atom. The van der Waals surface area contributed by atoms with Gasteiger partial charge in [0, 0.05) is 6.54 Å². The number of hydrogen-bond donors (Lipinski definition) is 3. The third-order valence-electron chi connectivity index (χ3n) is 8.07. The molecule has 0 radical (unpaired) electrons. The number of benzene rings is 2. The Morgan fingerprint density at radius 3 is 2.80 bits per heavy atom. The molecule has 7 rings (SSSR count). The quantitative estimate of drug-likeness (QED) is 0.212. The van der Waals surface area contributed by atoms with E-state index in [2.05, 4.69) is 50.7 Å². The molecule has 0 atom stereocenters. The Balaban J connectivity index is 1.22. The van der Waals surface area contributed by atoms with Gasteiger partial charge in [-0.1, -0.05) is 0 Å². The van der Waals surface area contributed by atoms with Crippen LogP contribution in [-0.4, -0.2) is 49.0 Å². The molecule has 2 aromatic carbocycles. The summed E-state index contributed by atoms with van der Waals surface area (Å²) in [7, 11) is 0. The number of halogens is 2. The van der Waals surface area contributed by atoms with Crippen LogP contribution in [0.3, 0.4) is 0 Å². The molecule has 0 saturated carbocycles. The van der Waals surface area contributed by atoms with E-state index >= 15 is 0 Å². The molecular formula is C35H34FIN7O-. The molecule has 0 aliphatic carbocycles. The van der Waals surface area contributed by atoms with Gasteiger partial charge in [0.1, 0.15) is 5.82 Å². The first-order chi connectivity index (χ1) is 21.9. The van der Waals surface area contributed by atoms with Crippen LogP contribution in [0.25, 0.3) is 50.2 Å². The second kappa shape index (κ2) is 12.7. The van der Waals surface area contributed by atoms with Gasteiger partial charge in [-0.2, -0.15) is 0 Å². The fourth-order valence-electron chi connectivity index (χ4n) is 5.99. The third kappa shape index (κ3) is 6.48. The van der Waals surface area contributed by atoms with E-state index < -0.39 is 0 Å². The van der Waals surface area contributed by atoms with Crippen molar-refractivity contribution in [3.63, 3.8) is 0 Å². The van der Waals surface area contributed by atoms with Gasteiger partial charge in [-0.25, -0.2) is 4.39 Å². The summed E-state index contributed by atoms with van der Waals surface area (Å²) in [6, 6.07) is 11.4. The fourth-order valence-corrected chi connectivity index (χ4v) is 7.72. The number of allylic oxidation sites excluding steroid dienone is 3. The standard InChI is InChI=1S/C35H34FIN7O/c1-21(2)11-32(45)39-27-7-8-37-17-25(15-27)23-5-6-30-28(16-23)34(43-42-30)35-40-31-19-38-18-29(33(31)41-35)24-12-22(13-26(36)14-24)20-44-9-3-4-10-44/h5-8,12-19,21H,3-4,9-11,20H2,1-2H3,(H,39,45)(H,40,41)(H,42,43)/q-1. The predicted molar refractivity (Wildman–Crippen MR) is 172 cm³/mol. The minimum atomic E-state index is -0.308. The van der Waals surface area contributed by atoms with Crippen molar-refractivity contribution in [2.75, 3.05) is 13.1 Å². The van der Waals surface area contributed by atoms with Crippen molar-refractivity contribution < 1.29 is 30.4 Å². The van der Waals surface area contributed by atoms with Gasteiger partial charge < -0.3 is 0 Å². The number of nitrogens with zero attached hydrogens (tertiary/aromatic N) is 4. The Kier molecular flexibility index (Phi) is 8.33. The van der Waals surface area contributed by atoms with Crippen molar-refractivity contribution in [2.45, 2.75) is 39.7 Å². The zero-order chi connectivity index (χ0) is 30.9. The molecule has 1 saturated heterocycles. The number of H-pyrrole nitrogens is 2. The van der Waals surface area contributed by atoms with Gasteiger partial charge in [-0.15, -0.1) is 0 Å². The number of nitrogens with one attached hydrogen (secondary N) is 3. The number of carbonyl (C=O) groups excluding carboxylic acids is 1. The molecule has 1 fully saturated rings. The minimum absolute atomic E-state index is 0.0210. The summed E-state index contributed by atoms with van der Waals surface area (Å²) in [4.78, 5) is 27.7. The molecule has 2 aliphatic heterocycles. The topological polar surface area (TPSA) is 103 Å². The molecule has 3 aromatic heterocycles. The van der Waals surface area contributed by atoms with Crippen molar-refractivity contribution in [1.29, 1.82) is 0 Å². The maximum absolute atomic E-state index is 14.8. The van der Waals surface area contributed by atoms with Crippen molar-refractivity contribution >= 4 is 33.4 Å². The van der Waals surface area contributed by atoms with Crippen LogP contribution in [-0.2, 0) is 11.3 Å². The number of rotatable bonds is 8. The van der Waals surface area contributed by atoms with E-state index in [9.17, 15) is 9.18 Å². The first-order valence-corrected chi connectivity index (χ1v) is 17.7. The first-order valence-electron chi connectivity index (χ1n) is 15.2. The Labute approximate surface area is 271 Å². The van der Waals surface area contributed by atoms with Gasteiger partial charge in [0.25, 0.3) is 0 Å². The fraction of sp³-hybridized carbons (Fsp3) is 0.257. The van der Waals surface area contributed by atoms with Crippen molar-refractivity contribution in [2.24, 2.45) is 5.92 Å². The third-order valence-corrected chi connectivity index (χ3v) is 9.88. The normalized spacial score (nSPS) is 15.7. The number of fused-ring (bicyclic) bond motifs is 2. The summed E-state index contributed by atoms with van der Waals surface area (Å²) in [5.74, 6) is 0.661. The molecule has 45 heavy (non-hydrogen) atoms. The van der Waals surface area contributed by atoms with Crippen LogP contribution < -0.4 is 26.5 Å². The molecule has 1 amide bonds. The summed E-state index contributed by atoms with van der Waals surface area (Å²) in [6.07, 6.45) is 10.4. The van der Waals surface area contributed by atoms with Gasteiger partial charge in [0.15, 0.2) is 0 Å². The van der Waals surface area contributed by atoms with Crippen LogP contribution in [0.15, 0.2) is 74.8 Å². The number of amides is 1. The van der Waals surface area contributed by atoms with E-state index in [1.54, 1.807) is 24.5 Å². The van der Waals surface area contributed by atoms with E-state index in [0.29, 0.717) is 23.9 Å². The van der Waals surface area contributed by atoms with E-state index in [1.165, 1.54) is 12.8 Å². The summed E-state index contributed by atoms with van der Waals surface area (Å²) >= 11 is -0.308. The van der Waals surface area contributed by atoms with E-state index in [0.717, 1.165) is 75.1 Å². The first kappa shape index (κ1) is 29.5. The Morgan fingerprint density at radius 2 is 1.96 bits per heavy atom. The van der Waals surface area contributed by atoms with Gasteiger partial charge in [-0.3, -0.25) is 4.90 Å². The molecule has 8 nitrogen and oxygen atoms in total. The second-order valence-corrected chi connectivity index (χ2v) is 14.1. The van der Waals surface area contributed by atoms with E-state index in [1.807, 2.05) is 38.1 Å². The molecular weight excluding hydrogens is 680 g/mol. The molecule has 2 aliphatic rings. The average molecular weight is 715 g/mol. The summed E-state index contributed by atoms with van der Waals surface area (Å²) < 4.78 is 19.2. The summed E-state index contributed by atoms with van der Waals surface area (Å²) in [6.45, 7) is 6.91. The number of carbonyl (C=O) groups is 1. The summed E-state index contributed by atoms with van der Waals surface area (Å²) in [5.41, 5.74) is 8.44. The Hall–Kier alpha value is -4.16. The SMILES string of the molecule is CC(C)CC(=O)NC1=CC(c2ccc3[nH]nc(-c4nc5c(-c6cc(F)cc(CN7CCCC7)c6)cncc5[nH]4)c3c2)=C[I-]C=C1. The zero-order valence-corrected chi connectivity index (χ0v) is 27.4. The van der Waals surface area contributed by atoms with E-state index in [4.69, 9.17) is 4.98 Å². The number of likely N-dealkylation sites (tertiary alicyclic amines) is 1. The van der Waals surface area contributed by atoms with Crippen LogP contribution in [0.4, 0.5) is 4.39 Å². The molecule has 230 valence electrons. The van der Waals surface area contributed by atoms with Crippen LogP contribution in [0.5, 0.6) is 0 Å². The molecule has 10 heteroatoms. The number of pyridine rings is 1. The van der Waals surface area contributed by atoms with Gasteiger partial charge >= 0.3 is 213 Å².